The molecule has 0 unspecified atom stereocenters. The maximum absolute atomic E-state index is 12.3. The zero-order valence-electron chi connectivity index (χ0n) is 15.3. The Kier molecular flexibility index (Phi) is 6.37. The van der Waals surface area contributed by atoms with Crippen LogP contribution in [0.5, 0.6) is 0 Å². The van der Waals surface area contributed by atoms with E-state index in [-0.39, 0.29) is 18.4 Å². The second-order valence-corrected chi connectivity index (χ2v) is 6.94. The van der Waals surface area contributed by atoms with Gasteiger partial charge in [0.1, 0.15) is 0 Å². The zero-order valence-corrected chi connectivity index (χ0v) is 15.3. The lowest BCUT2D eigenvalue weighted by molar-refractivity contribution is -0.133. The molecular formula is C19H29N3O2. The minimum atomic E-state index is -0.0843. The van der Waals surface area contributed by atoms with Crippen molar-refractivity contribution in [3.8, 4) is 0 Å². The highest BCUT2D eigenvalue weighted by Gasteiger charge is 2.19. The van der Waals surface area contributed by atoms with Crippen LogP contribution in [0.3, 0.4) is 0 Å². The molecule has 1 aliphatic rings. The van der Waals surface area contributed by atoms with Crippen LogP contribution in [-0.4, -0.2) is 54.8 Å². The number of amides is 2. The van der Waals surface area contributed by atoms with Crippen molar-refractivity contribution in [1.29, 1.82) is 0 Å². The highest BCUT2D eigenvalue weighted by Crippen LogP contribution is 2.21. The Morgan fingerprint density at radius 1 is 1.04 bits per heavy atom. The van der Waals surface area contributed by atoms with E-state index in [2.05, 4.69) is 17.4 Å². The van der Waals surface area contributed by atoms with Gasteiger partial charge in [-0.1, -0.05) is 17.7 Å². The van der Waals surface area contributed by atoms with E-state index in [0.29, 0.717) is 6.54 Å². The number of aryl methyl sites for hydroxylation is 3. The second kappa shape index (κ2) is 8.29. The summed E-state index contributed by atoms with van der Waals surface area (Å²) in [6, 6.07) is 4.12. The summed E-state index contributed by atoms with van der Waals surface area (Å²) in [6.45, 7) is 8.25. The number of benzene rings is 1. The van der Waals surface area contributed by atoms with Gasteiger partial charge in [-0.25, -0.2) is 0 Å². The van der Waals surface area contributed by atoms with E-state index in [0.717, 1.165) is 42.7 Å². The number of rotatable bonds is 5. The van der Waals surface area contributed by atoms with Crippen LogP contribution < -0.4 is 5.32 Å². The number of nitrogens with one attached hydrogen (secondary N) is 1. The Balaban J connectivity index is 1.86. The van der Waals surface area contributed by atoms with E-state index >= 15 is 0 Å². The minimum Gasteiger partial charge on any atom is -0.342 e. The average molecular weight is 331 g/mol. The van der Waals surface area contributed by atoms with Gasteiger partial charge in [-0.2, -0.15) is 0 Å². The molecule has 0 radical (unpaired) electrons. The molecule has 2 amide bonds. The van der Waals surface area contributed by atoms with Gasteiger partial charge in [0.25, 0.3) is 0 Å². The first-order chi connectivity index (χ1) is 11.4. The maximum Gasteiger partial charge on any atom is 0.238 e. The van der Waals surface area contributed by atoms with Gasteiger partial charge in [-0.05, 0) is 58.2 Å². The highest BCUT2D eigenvalue weighted by atomic mass is 16.2. The Labute approximate surface area is 145 Å². The third kappa shape index (κ3) is 5.06. The first-order valence-electron chi connectivity index (χ1n) is 8.71. The van der Waals surface area contributed by atoms with Crippen molar-refractivity contribution in [1.82, 2.24) is 9.80 Å². The Hall–Kier alpha value is -1.88. The van der Waals surface area contributed by atoms with E-state index in [1.807, 2.05) is 32.7 Å². The fourth-order valence-corrected chi connectivity index (χ4v) is 3.33. The molecule has 5 nitrogen and oxygen atoms in total. The van der Waals surface area contributed by atoms with Crippen molar-refractivity contribution in [2.24, 2.45) is 0 Å². The lowest BCUT2D eigenvalue weighted by Crippen LogP contribution is -2.43. The number of nitrogens with zero attached hydrogens (tertiary/aromatic N) is 2. The third-order valence-corrected chi connectivity index (χ3v) is 4.47. The predicted octanol–water partition coefficient (Wildman–Crippen LogP) is 2.49. The lowest BCUT2D eigenvalue weighted by atomic mass is 10.1. The molecule has 1 N–H and O–H groups in total. The summed E-state index contributed by atoms with van der Waals surface area (Å²) in [4.78, 5) is 28.2. The minimum absolute atomic E-state index is 0.0843. The summed E-state index contributed by atoms with van der Waals surface area (Å²) in [5.74, 6) is 0.0340. The Morgan fingerprint density at radius 2 is 1.62 bits per heavy atom. The number of piperidine rings is 1. The molecule has 1 aromatic rings. The molecular weight excluding hydrogens is 302 g/mol. The molecule has 0 aliphatic carbocycles. The van der Waals surface area contributed by atoms with Gasteiger partial charge >= 0.3 is 0 Å². The van der Waals surface area contributed by atoms with Gasteiger partial charge in [0, 0.05) is 18.8 Å². The van der Waals surface area contributed by atoms with E-state index in [1.165, 1.54) is 12.0 Å². The summed E-state index contributed by atoms with van der Waals surface area (Å²) in [7, 11) is 1.82. The molecule has 1 fully saturated rings. The van der Waals surface area contributed by atoms with E-state index < -0.39 is 0 Å². The molecule has 132 valence electrons. The zero-order chi connectivity index (χ0) is 17.7. The fraction of sp³-hybridized carbons (Fsp3) is 0.579. The number of likely N-dealkylation sites (N-methyl/N-ethyl adjacent to an activating group) is 1. The van der Waals surface area contributed by atoms with Crippen LogP contribution in [0.4, 0.5) is 5.69 Å². The topological polar surface area (TPSA) is 52.7 Å². The molecule has 2 rings (SSSR count). The van der Waals surface area contributed by atoms with Gasteiger partial charge in [0.05, 0.1) is 13.1 Å². The van der Waals surface area contributed by atoms with E-state index in [1.54, 1.807) is 4.90 Å². The van der Waals surface area contributed by atoms with Crippen LogP contribution in [0.25, 0.3) is 0 Å². The van der Waals surface area contributed by atoms with Crippen molar-refractivity contribution >= 4 is 17.5 Å². The van der Waals surface area contributed by atoms with Gasteiger partial charge in [0.2, 0.25) is 11.8 Å². The second-order valence-electron chi connectivity index (χ2n) is 6.94. The summed E-state index contributed by atoms with van der Waals surface area (Å²) < 4.78 is 0. The molecule has 0 bridgehead atoms. The van der Waals surface area contributed by atoms with Crippen molar-refractivity contribution in [2.45, 2.75) is 40.0 Å². The predicted molar refractivity (Wildman–Crippen MR) is 97.2 cm³/mol. The summed E-state index contributed by atoms with van der Waals surface area (Å²) in [5, 5.41) is 2.98. The first-order valence-corrected chi connectivity index (χ1v) is 8.71. The first kappa shape index (κ1) is 18.5. The molecule has 0 aromatic heterocycles. The van der Waals surface area contributed by atoms with Gasteiger partial charge in [0.15, 0.2) is 0 Å². The smallest absolute Gasteiger partial charge is 0.238 e. The third-order valence-electron chi connectivity index (χ3n) is 4.47. The summed E-state index contributed by atoms with van der Waals surface area (Å²) >= 11 is 0. The largest absolute Gasteiger partial charge is 0.342 e. The van der Waals surface area contributed by atoms with E-state index in [4.69, 9.17) is 0 Å². The monoisotopic (exact) mass is 331 g/mol. The lowest BCUT2D eigenvalue weighted by Gasteiger charge is -2.28. The van der Waals surface area contributed by atoms with Gasteiger partial charge in [-0.15, -0.1) is 0 Å². The summed E-state index contributed by atoms with van der Waals surface area (Å²) in [5.41, 5.74) is 4.19. The molecule has 5 heteroatoms. The SMILES string of the molecule is Cc1cc(C)c(NC(=O)CN(C)CC(=O)N2CCCCC2)c(C)c1. The Morgan fingerprint density at radius 3 is 2.21 bits per heavy atom. The van der Waals surface area contributed by atoms with Crippen molar-refractivity contribution in [3.63, 3.8) is 0 Å². The van der Waals surface area contributed by atoms with E-state index in [9.17, 15) is 9.59 Å². The highest BCUT2D eigenvalue weighted by molar-refractivity contribution is 5.94. The fourth-order valence-electron chi connectivity index (χ4n) is 3.33. The van der Waals surface area contributed by atoms with Crippen molar-refractivity contribution < 1.29 is 9.59 Å². The molecule has 0 atom stereocenters. The van der Waals surface area contributed by atoms with Crippen LogP contribution >= 0.6 is 0 Å². The standard InChI is InChI=1S/C19H29N3O2/c1-14-10-15(2)19(16(3)11-14)20-17(23)12-21(4)13-18(24)22-8-6-5-7-9-22/h10-11H,5-9,12-13H2,1-4H3,(H,20,23). The number of likely N-dealkylation sites (tertiary alicyclic amines) is 1. The number of anilines is 1. The van der Waals surface area contributed by atoms with Crippen molar-refractivity contribution in [3.05, 3.63) is 28.8 Å². The molecule has 1 aliphatic heterocycles. The molecule has 24 heavy (non-hydrogen) atoms. The maximum atomic E-state index is 12.3. The number of hydrogen-bond donors (Lipinski definition) is 1. The van der Waals surface area contributed by atoms with Crippen LogP contribution in [0.2, 0.25) is 0 Å². The molecule has 1 saturated heterocycles. The number of hydrogen-bond acceptors (Lipinski definition) is 3. The van der Waals surface area contributed by atoms with Crippen LogP contribution in [0, 0.1) is 20.8 Å². The molecule has 0 saturated carbocycles. The molecule has 1 heterocycles. The normalized spacial score (nSPS) is 14.8. The van der Waals surface area contributed by atoms with Crippen LogP contribution in [-0.2, 0) is 9.59 Å². The van der Waals surface area contributed by atoms with Crippen LogP contribution in [0.15, 0.2) is 12.1 Å². The van der Waals surface area contributed by atoms with Gasteiger partial charge in [-0.3, -0.25) is 14.5 Å². The number of carbonyl (C=O) groups is 2. The molecule has 1 aromatic carbocycles. The van der Waals surface area contributed by atoms with Crippen LogP contribution in [0.1, 0.15) is 36.0 Å². The van der Waals surface area contributed by atoms with Crippen molar-refractivity contribution in [2.75, 3.05) is 38.5 Å². The average Bonchev–Trinajstić information content (AvgIpc) is 2.51. The molecule has 0 spiro atoms. The number of carbonyl (C=O) groups excluding carboxylic acids is 2. The Bertz CT molecular complexity index is 584. The summed E-state index contributed by atoms with van der Waals surface area (Å²) in [6.07, 6.45) is 3.38. The quantitative estimate of drug-likeness (QED) is 0.902. The van der Waals surface area contributed by atoms with Gasteiger partial charge < -0.3 is 10.2 Å².